The number of piperazine rings is 1. The van der Waals surface area contributed by atoms with Crippen LogP contribution in [-0.4, -0.2) is 47.0 Å². The van der Waals surface area contributed by atoms with E-state index in [-0.39, 0.29) is 0 Å². The molecule has 1 saturated heterocycles. The standard InChI is InChI=1S/C13H22N4/c1-3-17-8-7-16(9-11(17)2)10-13-12(14)5-4-6-15-13/h4-6,11H,3,7-10,14H2,1-2H3. The number of anilines is 1. The van der Waals surface area contributed by atoms with Gasteiger partial charge in [-0.2, -0.15) is 0 Å². The lowest BCUT2D eigenvalue weighted by Crippen LogP contribution is -2.51. The smallest absolute Gasteiger partial charge is 0.0772 e. The number of nitrogens with two attached hydrogens (primary N) is 1. The number of hydrogen-bond acceptors (Lipinski definition) is 4. The van der Waals surface area contributed by atoms with Crippen LogP contribution in [0.1, 0.15) is 19.5 Å². The summed E-state index contributed by atoms with van der Waals surface area (Å²) < 4.78 is 0. The quantitative estimate of drug-likeness (QED) is 0.853. The Hall–Kier alpha value is -1.13. The largest absolute Gasteiger partial charge is 0.397 e. The Bertz CT molecular complexity index is 366. The van der Waals surface area contributed by atoms with E-state index in [0.29, 0.717) is 6.04 Å². The maximum Gasteiger partial charge on any atom is 0.0772 e. The molecule has 0 amide bonds. The summed E-state index contributed by atoms with van der Waals surface area (Å²) in [6.45, 7) is 9.87. The fourth-order valence-electron chi connectivity index (χ4n) is 2.48. The third kappa shape index (κ3) is 2.96. The molecule has 4 nitrogen and oxygen atoms in total. The van der Waals surface area contributed by atoms with Crippen molar-refractivity contribution in [1.82, 2.24) is 14.8 Å². The zero-order valence-corrected chi connectivity index (χ0v) is 10.8. The van der Waals surface area contributed by atoms with Gasteiger partial charge in [-0.1, -0.05) is 6.92 Å². The molecule has 1 fully saturated rings. The van der Waals surface area contributed by atoms with Gasteiger partial charge in [0.05, 0.1) is 11.4 Å². The first-order valence-electron chi connectivity index (χ1n) is 6.36. The summed E-state index contributed by atoms with van der Waals surface area (Å²) in [4.78, 5) is 9.31. The molecule has 1 unspecified atom stereocenters. The van der Waals surface area contributed by atoms with Crippen molar-refractivity contribution in [2.75, 3.05) is 31.9 Å². The van der Waals surface area contributed by atoms with Crippen LogP contribution < -0.4 is 5.73 Å². The second kappa shape index (κ2) is 5.47. The van der Waals surface area contributed by atoms with Crippen LogP contribution in [0.3, 0.4) is 0 Å². The van der Waals surface area contributed by atoms with E-state index in [1.807, 2.05) is 18.3 Å². The minimum atomic E-state index is 0.624. The van der Waals surface area contributed by atoms with E-state index in [2.05, 4.69) is 28.6 Å². The number of nitrogen functional groups attached to an aromatic ring is 1. The molecular formula is C13H22N4. The van der Waals surface area contributed by atoms with Crippen LogP contribution >= 0.6 is 0 Å². The Morgan fingerprint density at radius 3 is 2.94 bits per heavy atom. The van der Waals surface area contributed by atoms with Gasteiger partial charge in [0.1, 0.15) is 0 Å². The van der Waals surface area contributed by atoms with E-state index in [1.165, 1.54) is 0 Å². The molecule has 0 bridgehead atoms. The van der Waals surface area contributed by atoms with Crippen LogP contribution in [0, 0.1) is 0 Å². The van der Waals surface area contributed by atoms with E-state index in [1.54, 1.807) is 0 Å². The van der Waals surface area contributed by atoms with Gasteiger partial charge in [0.2, 0.25) is 0 Å². The predicted octanol–water partition coefficient (Wildman–Crippen LogP) is 1.19. The average Bonchev–Trinajstić information content (AvgIpc) is 2.32. The zero-order valence-electron chi connectivity index (χ0n) is 10.8. The van der Waals surface area contributed by atoms with E-state index < -0.39 is 0 Å². The molecule has 1 aromatic rings. The second-order valence-electron chi connectivity index (χ2n) is 4.75. The first kappa shape index (κ1) is 12.3. The van der Waals surface area contributed by atoms with Crippen LogP contribution in [0.25, 0.3) is 0 Å². The summed E-state index contributed by atoms with van der Waals surface area (Å²) in [5.74, 6) is 0. The fraction of sp³-hybridized carbons (Fsp3) is 0.615. The SMILES string of the molecule is CCN1CCN(Cc2ncccc2N)CC1C. The van der Waals surface area contributed by atoms with E-state index in [4.69, 9.17) is 5.73 Å². The molecule has 1 aliphatic heterocycles. The average molecular weight is 234 g/mol. The highest BCUT2D eigenvalue weighted by atomic mass is 15.3. The summed E-state index contributed by atoms with van der Waals surface area (Å²) in [7, 11) is 0. The molecular weight excluding hydrogens is 212 g/mol. The van der Waals surface area contributed by atoms with Gasteiger partial charge in [-0.15, -0.1) is 0 Å². The molecule has 2 heterocycles. The highest BCUT2D eigenvalue weighted by Crippen LogP contribution is 2.14. The van der Waals surface area contributed by atoms with Crippen molar-refractivity contribution in [2.24, 2.45) is 0 Å². The summed E-state index contributed by atoms with van der Waals surface area (Å²) in [6.07, 6.45) is 1.82. The highest BCUT2D eigenvalue weighted by Gasteiger charge is 2.22. The molecule has 2 N–H and O–H groups in total. The lowest BCUT2D eigenvalue weighted by Gasteiger charge is -2.39. The molecule has 17 heavy (non-hydrogen) atoms. The molecule has 4 heteroatoms. The van der Waals surface area contributed by atoms with Crippen molar-refractivity contribution in [3.8, 4) is 0 Å². The maximum atomic E-state index is 5.93. The minimum Gasteiger partial charge on any atom is -0.397 e. The summed E-state index contributed by atoms with van der Waals surface area (Å²) in [6, 6.07) is 4.43. The number of aromatic nitrogens is 1. The minimum absolute atomic E-state index is 0.624. The first-order valence-corrected chi connectivity index (χ1v) is 6.36. The number of rotatable bonds is 3. The van der Waals surface area contributed by atoms with Gasteiger partial charge in [0.25, 0.3) is 0 Å². The lowest BCUT2D eigenvalue weighted by atomic mass is 10.1. The van der Waals surface area contributed by atoms with Crippen molar-refractivity contribution in [2.45, 2.75) is 26.4 Å². The summed E-state index contributed by atoms with van der Waals surface area (Å²) in [5.41, 5.74) is 7.73. The van der Waals surface area contributed by atoms with E-state index >= 15 is 0 Å². The molecule has 1 aliphatic rings. The molecule has 0 saturated carbocycles. The number of hydrogen-bond donors (Lipinski definition) is 1. The molecule has 2 rings (SSSR count). The van der Waals surface area contributed by atoms with Gasteiger partial charge in [-0.3, -0.25) is 14.8 Å². The first-order chi connectivity index (χ1) is 8.20. The van der Waals surface area contributed by atoms with Gasteiger partial charge in [-0.25, -0.2) is 0 Å². The monoisotopic (exact) mass is 234 g/mol. The van der Waals surface area contributed by atoms with Crippen LogP contribution in [0.2, 0.25) is 0 Å². The van der Waals surface area contributed by atoms with Crippen molar-refractivity contribution in [1.29, 1.82) is 0 Å². The summed E-state index contributed by atoms with van der Waals surface area (Å²) >= 11 is 0. The van der Waals surface area contributed by atoms with Crippen LogP contribution in [0.5, 0.6) is 0 Å². The third-order valence-electron chi connectivity index (χ3n) is 3.55. The van der Waals surface area contributed by atoms with Crippen molar-refractivity contribution < 1.29 is 0 Å². The van der Waals surface area contributed by atoms with Gasteiger partial charge in [0, 0.05) is 38.4 Å². The third-order valence-corrected chi connectivity index (χ3v) is 3.55. The molecule has 0 radical (unpaired) electrons. The predicted molar refractivity (Wildman–Crippen MR) is 70.6 cm³/mol. The number of pyridine rings is 1. The fourth-order valence-corrected chi connectivity index (χ4v) is 2.48. The van der Waals surface area contributed by atoms with Gasteiger partial charge >= 0.3 is 0 Å². The highest BCUT2D eigenvalue weighted by molar-refractivity contribution is 5.41. The van der Waals surface area contributed by atoms with Crippen LogP contribution in [0.15, 0.2) is 18.3 Å². The van der Waals surface area contributed by atoms with Crippen molar-refractivity contribution >= 4 is 5.69 Å². The maximum absolute atomic E-state index is 5.93. The number of likely N-dealkylation sites (N-methyl/N-ethyl adjacent to an activating group) is 1. The number of nitrogens with zero attached hydrogens (tertiary/aromatic N) is 3. The molecule has 1 aromatic heterocycles. The lowest BCUT2D eigenvalue weighted by molar-refractivity contribution is 0.0828. The van der Waals surface area contributed by atoms with Gasteiger partial charge < -0.3 is 5.73 Å². The Morgan fingerprint density at radius 2 is 2.29 bits per heavy atom. The van der Waals surface area contributed by atoms with E-state index in [0.717, 1.165) is 44.1 Å². The Morgan fingerprint density at radius 1 is 1.47 bits per heavy atom. The summed E-state index contributed by atoms with van der Waals surface area (Å²) in [5, 5.41) is 0. The Kier molecular flexibility index (Phi) is 3.97. The molecule has 0 aromatic carbocycles. The van der Waals surface area contributed by atoms with Crippen LogP contribution in [-0.2, 0) is 6.54 Å². The van der Waals surface area contributed by atoms with Gasteiger partial charge in [0.15, 0.2) is 0 Å². The molecule has 1 atom stereocenters. The van der Waals surface area contributed by atoms with E-state index in [9.17, 15) is 0 Å². The molecule has 94 valence electrons. The van der Waals surface area contributed by atoms with Gasteiger partial charge in [-0.05, 0) is 25.6 Å². The second-order valence-corrected chi connectivity index (χ2v) is 4.75. The molecule has 0 aliphatic carbocycles. The normalized spacial score (nSPS) is 22.8. The molecule has 0 spiro atoms. The zero-order chi connectivity index (χ0) is 12.3. The van der Waals surface area contributed by atoms with Crippen molar-refractivity contribution in [3.05, 3.63) is 24.0 Å². The van der Waals surface area contributed by atoms with Crippen LogP contribution in [0.4, 0.5) is 5.69 Å². The van der Waals surface area contributed by atoms with Crippen molar-refractivity contribution in [3.63, 3.8) is 0 Å². The Balaban J connectivity index is 1.95. The topological polar surface area (TPSA) is 45.4 Å². The Labute approximate surface area is 103 Å².